The van der Waals surface area contributed by atoms with E-state index in [1.807, 2.05) is 0 Å². The molecule has 3 heteroatoms. The fourth-order valence-electron chi connectivity index (χ4n) is 3.10. The molecule has 0 radical (unpaired) electrons. The van der Waals surface area contributed by atoms with E-state index in [1.165, 1.54) is 19.3 Å². The molecular weight excluding hydrogens is 166 g/mol. The molecule has 1 heterocycles. The van der Waals surface area contributed by atoms with Gasteiger partial charge in [0.1, 0.15) is 0 Å². The SMILES string of the molecule is OCCN1C[C@@H]2CCC[C@@]2(CO)C1. The largest absolute Gasteiger partial charge is 0.396 e. The molecule has 2 N–H and O–H groups in total. The molecular formula is C10H19NO2. The van der Waals surface area contributed by atoms with Crippen LogP contribution in [0.3, 0.4) is 0 Å². The van der Waals surface area contributed by atoms with Crippen molar-refractivity contribution in [3.05, 3.63) is 0 Å². The van der Waals surface area contributed by atoms with Gasteiger partial charge >= 0.3 is 0 Å². The maximum atomic E-state index is 9.42. The Balaban J connectivity index is 2.00. The number of hydrogen-bond donors (Lipinski definition) is 2. The minimum absolute atomic E-state index is 0.190. The second-order valence-corrected chi connectivity index (χ2v) is 4.57. The number of rotatable bonds is 3. The van der Waals surface area contributed by atoms with Gasteiger partial charge in [0.05, 0.1) is 13.2 Å². The molecule has 1 saturated carbocycles. The number of likely N-dealkylation sites (tertiary alicyclic amines) is 1. The Bertz CT molecular complexity index is 186. The maximum absolute atomic E-state index is 9.42. The van der Waals surface area contributed by atoms with Crippen molar-refractivity contribution in [1.82, 2.24) is 4.90 Å². The summed E-state index contributed by atoms with van der Waals surface area (Å²) in [6.07, 6.45) is 3.72. The van der Waals surface area contributed by atoms with E-state index in [-0.39, 0.29) is 12.0 Å². The van der Waals surface area contributed by atoms with Crippen LogP contribution in [0, 0.1) is 11.3 Å². The van der Waals surface area contributed by atoms with E-state index in [0.29, 0.717) is 12.5 Å². The third kappa shape index (κ3) is 1.49. The first kappa shape index (κ1) is 9.44. The van der Waals surface area contributed by atoms with Gasteiger partial charge < -0.3 is 15.1 Å². The van der Waals surface area contributed by atoms with Gasteiger partial charge in [0.25, 0.3) is 0 Å². The lowest BCUT2D eigenvalue weighted by Crippen LogP contribution is -2.31. The van der Waals surface area contributed by atoms with Crippen molar-refractivity contribution in [2.24, 2.45) is 11.3 Å². The summed E-state index contributed by atoms with van der Waals surface area (Å²) in [6, 6.07) is 0. The lowest BCUT2D eigenvalue weighted by molar-refractivity contribution is 0.109. The number of β-amino-alcohol motifs (C(OH)–C–C–N with tert-alkyl or cyclic N) is 1. The van der Waals surface area contributed by atoms with Crippen molar-refractivity contribution in [1.29, 1.82) is 0 Å². The van der Waals surface area contributed by atoms with Gasteiger partial charge in [-0.05, 0) is 18.8 Å². The number of aliphatic hydroxyl groups excluding tert-OH is 2. The van der Waals surface area contributed by atoms with Gasteiger partial charge in [0, 0.05) is 25.0 Å². The summed E-state index contributed by atoms with van der Waals surface area (Å²) in [7, 11) is 0. The molecule has 1 aliphatic carbocycles. The average Bonchev–Trinajstić information content (AvgIpc) is 2.61. The van der Waals surface area contributed by atoms with Gasteiger partial charge in [-0.3, -0.25) is 0 Å². The van der Waals surface area contributed by atoms with E-state index < -0.39 is 0 Å². The summed E-state index contributed by atoms with van der Waals surface area (Å²) < 4.78 is 0. The Morgan fingerprint density at radius 3 is 2.85 bits per heavy atom. The third-order valence-electron chi connectivity index (χ3n) is 3.84. The highest BCUT2D eigenvalue weighted by atomic mass is 16.3. The molecule has 0 bridgehead atoms. The molecule has 2 atom stereocenters. The van der Waals surface area contributed by atoms with Gasteiger partial charge in [-0.1, -0.05) is 6.42 Å². The summed E-state index contributed by atoms with van der Waals surface area (Å²) in [5.41, 5.74) is 0.190. The highest BCUT2D eigenvalue weighted by Gasteiger charge is 2.48. The fourth-order valence-corrected chi connectivity index (χ4v) is 3.10. The monoisotopic (exact) mass is 185 g/mol. The molecule has 13 heavy (non-hydrogen) atoms. The Labute approximate surface area is 79.4 Å². The van der Waals surface area contributed by atoms with Gasteiger partial charge in [-0.15, -0.1) is 0 Å². The van der Waals surface area contributed by atoms with Crippen LogP contribution < -0.4 is 0 Å². The standard InChI is InChI=1S/C10H19NO2/c12-5-4-11-6-9-2-1-3-10(9,7-11)8-13/h9,12-13H,1-8H2/t9-,10-/m0/s1. The highest BCUT2D eigenvalue weighted by molar-refractivity contribution is 5.00. The minimum Gasteiger partial charge on any atom is -0.396 e. The molecule has 0 spiro atoms. The zero-order valence-electron chi connectivity index (χ0n) is 8.08. The molecule has 76 valence electrons. The molecule has 2 aliphatic rings. The smallest absolute Gasteiger partial charge is 0.0558 e. The van der Waals surface area contributed by atoms with Crippen LogP contribution in [0.5, 0.6) is 0 Å². The van der Waals surface area contributed by atoms with E-state index in [1.54, 1.807) is 0 Å². The van der Waals surface area contributed by atoms with Crippen molar-refractivity contribution in [3.8, 4) is 0 Å². The highest BCUT2D eigenvalue weighted by Crippen LogP contribution is 2.47. The van der Waals surface area contributed by atoms with Crippen LogP contribution >= 0.6 is 0 Å². The van der Waals surface area contributed by atoms with E-state index in [4.69, 9.17) is 5.11 Å². The number of nitrogens with zero attached hydrogens (tertiary/aromatic N) is 1. The van der Waals surface area contributed by atoms with E-state index >= 15 is 0 Å². The molecule has 1 aliphatic heterocycles. The van der Waals surface area contributed by atoms with Crippen molar-refractivity contribution in [2.45, 2.75) is 19.3 Å². The fraction of sp³-hybridized carbons (Fsp3) is 1.00. The van der Waals surface area contributed by atoms with E-state index in [2.05, 4.69) is 4.90 Å². The Morgan fingerprint density at radius 2 is 2.23 bits per heavy atom. The van der Waals surface area contributed by atoms with Crippen LogP contribution in [0.25, 0.3) is 0 Å². The first-order valence-electron chi connectivity index (χ1n) is 5.25. The molecule has 0 amide bonds. The average molecular weight is 185 g/mol. The van der Waals surface area contributed by atoms with Crippen LogP contribution in [0.1, 0.15) is 19.3 Å². The molecule has 1 saturated heterocycles. The topological polar surface area (TPSA) is 43.7 Å². The first-order valence-corrected chi connectivity index (χ1v) is 5.25. The predicted molar refractivity (Wildman–Crippen MR) is 50.4 cm³/mol. The van der Waals surface area contributed by atoms with Gasteiger partial charge in [-0.2, -0.15) is 0 Å². The molecule has 0 unspecified atom stereocenters. The van der Waals surface area contributed by atoms with Crippen molar-refractivity contribution >= 4 is 0 Å². The second-order valence-electron chi connectivity index (χ2n) is 4.57. The normalized spacial score (nSPS) is 39.7. The summed E-state index contributed by atoms with van der Waals surface area (Å²) in [6.45, 7) is 3.43. The minimum atomic E-state index is 0.190. The van der Waals surface area contributed by atoms with Crippen molar-refractivity contribution < 1.29 is 10.2 Å². The van der Waals surface area contributed by atoms with Crippen LogP contribution in [-0.2, 0) is 0 Å². The van der Waals surface area contributed by atoms with Crippen LogP contribution in [-0.4, -0.2) is 48.0 Å². The summed E-state index contributed by atoms with van der Waals surface area (Å²) in [5.74, 6) is 0.684. The number of aliphatic hydroxyl groups is 2. The van der Waals surface area contributed by atoms with Crippen molar-refractivity contribution in [3.63, 3.8) is 0 Å². The van der Waals surface area contributed by atoms with Gasteiger partial charge in [0.2, 0.25) is 0 Å². The summed E-state index contributed by atoms with van der Waals surface area (Å²) in [5, 5.41) is 18.3. The van der Waals surface area contributed by atoms with E-state index in [0.717, 1.165) is 19.6 Å². The molecule has 3 nitrogen and oxygen atoms in total. The van der Waals surface area contributed by atoms with Crippen molar-refractivity contribution in [2.75, 3.05) is 32.8 Å². The summed E-state index contributed by atoms with van der Waals surface area (Å²) >= 11 is 0. The maximum Gasteiger partial charge on any atom is 0.0558 e. The Kier molecular flexibility index (Phi) is 2.58. The molecule has 0 aromatic rings. The number of fused-ring (bicyclic) bond motifs is 1. The molecule has 2 fully saturated rings. The summed E-state index contributed by atoms with van der Waals surface area (Å²) in [4.78, 5) is 2.29. The first-order chi connectivity index (χ1) is 6.30. The predicted octanol–water partition coefficient (Wildman–Crippen LogP) is 0.0731. The number of hydrogen-bond acceptors (Lipinski definition) is 3. The lowest BCUT2D eigenvalue weighted by Gasteiger charge is -2.25. The zero-order valence-corrected chi connectivity index (χ0v) is 8.08. The Hall–Kier alpha value is -0.120. The van der Waals surface area contributed by atoms with Gasteiger partial charge in [0.15, 0.2) is 0 Å². The quantitative estimate of drug-likeness (QED) is 0.654. The zero-order chi connectivity index (χ0) is 9.31. The van der Waals surface area contributed by atoms with Crippen LogP contribution in [0.15, 0.2) is 0 Å². The lowest BCUT2D eigenvalue weighted by atomic mass is 9.82. The molecule has 0 aromatic carbocycles. The van der Waals surface area contributed by atoms with E-state index in [9.17, 15) is 5.11 Å². The van der Waals surface area contributed by atoms with Crippen LogP contribution in [0.4, 0.5) is 0 Å². The Morgan fingerprint density at radius 1 is 1.38 bits per heavy atom. The third-order valence-corrected chi connectivity index (χ3v) is 3.84. The van der Waals surface area contributed by atoms with Crippen LogP contribution in [0.2, 0.25) is 0 Å². The van der Waals surface area contributed by atoms with Gasteiger partial charge in [-0.25, -0.2) is 0 Å². The molecule has 0 aromatic heterocycles. The second kappa shape index (κ2) is 3.56. The molecule has 2 rings (SSSR count).